The van der Waals surface area contributed by atoms with Gasteiger partial charge < -0.3 is 4.90 Å². The van der Waals surface area contributed by atoms with Crippen molar-refractivity contribution >= 4 is 5.91 Å². The first-order chi connectivity index (χ1) is 9.20. The molecule has 20 heavy (non-hydrogen) atoms. The number of hydrogen-bond acceptors (Lipinski definition) is 2. The third kappa shape index (κ3) is 2.81. The predicted octanol–water partition coefficient (Wildman–Crippen LogP) is 2.78. The normalized spacial score (nSPS) is 24.0. The molecule has 2 rings (SSSR count). The Bertz CT molecular complexity index is 509. The minimum atomic E-state index is -4.41. The van der Waals surface area contributed by atoms with Crippen LogP contribution >= 0.6 is 0 Å². The van der Waals surface area contributed by atoms with Crippen molar-refractivity contribution in [2.45, 2.75) is 51.9 Å². The Morgan fingerprint density at radius 1 is 1.45 bits per heavy atom. The number of amides is 1. The van der Waals surface area contributed by atoms with Crippen LogP contribution in [-0.2, 0) is 11.0 Å². The molecule has 1 saturated heterocycles. The maximum atomic E-state index is 12.7. The van der Waals surface area contributed by atoms with Crippen LogP contribution < -0.4 is 0 Å². The summed E-state index contributed by atoms with van der Waals surface area (Å²) in [6.07, 6.45) is -3.16. The Hall–Kier alpha value is -1.53. The van der Waals surface area contributed by atoms with Crippen LogP contribution in [0, 0.1) is 6.92 Å². The van der Waals surface area contributed by atoms with Crippen molar-refractivity contribution in [2.24, 2.45) is 0 Å². The van der Waals surface area contributed by atoms with E-state index in [-0.39, 0.29) is 18.0 Å². The summed E-state index contributed by atoms with van der Waals surface area (Å²) < 4.78 is 39.4. The Balaban J connectivity index is 2.18. The second-order valence-electron chi connectivity index (χ2n) is 5.35. The molecule has 0 spiro atoms. The number of aromatic nitrogens is 2. The second kappa shape index (κ2) is 5.10. The van der Waals surface area contributed by atoms with Gasteiger partial charge in [-0.05, 0) is 32.8 Å². The first-order valence-electron chi connectivity index (χ1n) is 6.60. The highest BCUT2D eigenvalue weighted by Crippen LogP contribution is 2.32. The number of alkyl halides is 3. The SMILES string of the molecule is CC(=O)N1CCC(n2nc(C(F)(F)F)cc2C)CC1C. The summed E-state index contributed by atoms with van der Waals surface area (Å²) in [6, 6.07) is 1.00. The highest BCUT2D eigenvalue weighted by Gasteiger charge is 2.36. The van der Waals surface area contributed by atoms with Gasteiger partial charge in [0.1, 0.15) is 0 Å². The van der Waals surface area contributed by atoms with Crippen LogP contribution in [0.25, 0.3) is 0 Å². The van der Waals surface area contributed by atoms with Crippen LogP contribution in [-0.4, -0.2) is 33.2 Å². The highest BCUT2D eigenvalue weighted by atomic mass is 19.4. The maximum absolute atomic E-state index is 12.7. The van der Waals surface area contributed by atoms with E-state index in [0.29, 0.717) is 25.1 Å². The molecule has 2 heterocycles. The van der Waals surface area contributed by atoms with Crippen molar-refractivity contribution in [2.75, 3.05) is 6.54 Å². The Labute approximate surface area is 115 Å². The van der Waals surface area contributed by atoms with E-state index in [1.54, 1.807) is 11.8 Å². The van der Waals surface area contributed by atoms with E-state index in [9.17, 15) is 18.0 Å². The summed E-state index contributed by atoms with van der Waals surface area (Å²) in [6.45, 7) is 5.61. The van der Waals surface area contributed by atoms with Gasteiger partial charge in [0.05, 0.1) is 6.04 Å². The Morgan fingerprint density at radius 2 is 2.10 bits per heavy atom. The Kier molecular flexibility index (Phi) is 3.80. The number of piperidine rings is 1. The molecule has 1 aliphatic rings. The number of nitrogens with zero attached hydrogens (tertiary/aromatic N) is 3. The molecule has 2 unspecified atom stereocenters. The molecule has 0 radical (unpaired) electrons. The van der Waals surface area contributed by atoms with Crippen molar-refractivity contribution in [3.63, 3.8) is 0 Å². The third-order valence-corrected chi connectivity index (χ3v) is 3.81. The van der Waals surface area contributed by atoms with E-state index < -0.39 is 11.9 Å². The second-order valence-corrected chi connectivity index (χ2v) is 5.35. The van der Waals surface area contributed by atoms with Gasteiger partial charge in [0.25, 0.3) is 0 Å². The standard InChI is InChI=1S/C13H18F3N3O/c1-8-6-11(4-5-18(8)10(3)20)19-9(2)7-12(17-19)13(14,15)16/h7-8,11H,4-6H2,1-3H3. The molecule has 0 aromatic carbocycles. The van der Waals surface area contributed by atoms with Crippen LogP contribution in [0.4, 0.5) is 13.2 Å². The zero-order chi connectivity index (χ0) is 15.1. The molecule has 1 aromatic rings. The minimum Gasteiger partial charge on any atom is -0.340 e. The number of carbonyl (C=O) groups excluding carboxylic acids is 1. The summed E-state index contributed by atoms with van der Waals surface area (Å²) in [7, 11) is 0. The first-order valence-corrected chi connectivity index (χ1v) is 6.60. The molecule has 7 heteroatoms. The van der Waals surface area contributed by atoms with Gasteiger partial charge in [-0.1, -0.05) is 0 Å². The molecule has 1 amide bonds. The summed E-state index contributed by atoms with van der Waals surface area (Å²) in [5.41, 5.74) is -0.345. The number of aryl methyl sites for hydroxylation is 1. The lowest BCUT2D eigenvalue weighted by Gasteiger charge is -2.37. The molecule has 0 N–H and O–H groups in total. The van der Waals surface area contributed by atoms with Crippen LogP contribution in [0.2, 0.25) is 0 Å². The molecule has 1 aromatic heterocycles. The third-order valence-electron chi connectivity index (χ3n) is 3.81. The fourth-order valence-corrected chi connectivity index (χ4v) is 2.83. The number of likely N-dealkylation sites (tertiary alicyclic amines) is 1. The first kappa shape index (κ1) is 14.9. The minimum absolute atomic E-state index is 0.00381. The zero-order valence-electron chi connectivity index (χ0n) is 11.7. The largest absolute Gasteiger partial charge is 0.435 e. The lowest BCUT2D eigenvalue weighted by molar-refractivity contribution is -0.141. The van der Waals surface area contributed by atoms with Gasteiger partial charge in [-0.3, -0.25) is 9.48 Å². The lowest BCUT2D eigenvalue weighted by Crippen LogP contribution is -2.44. The van der Waals surface area contributed by atoms with E-state index in [4.69, 9.17) is 0 Å². The molecule has 112 valence electrons. The van der Waals surface area contributed by atoms with E-state index in [1.807, 2.05) is 6.92 Å². The molecule has 1 aliphatic heterocycles. The number of halogens is 3. The monoisotopic (exact) mass is 289 g/mol. The van der Waals surface area contributed by atoms with Gasteiger partial charge in [0.15, 0.2) is 5.69 Å². The molecule has 4 nitrogen and oxygen atoms in total. The van der Waals surface area contributed by atoms with Gasteiger partial charge >= 0.3 is 6.18 Å². The van der Waals surface area contributed by atoms with E-state index in [2.05, 4.69) is 5.10 Å². The summed E-state index contributed by atoms with van der Waals surface area (Å²) in [5.74, 6) is 0.00381. The molecule has 0 bridgehead atoms. The average Bonchev–Trinajstić information content (AvgIpc) is 2.70. The number of rotatable bonds is 1. The van der Waals surface area contributed by atoms with Gasteiger partial charge in [0, 0.05) is 25.2 Å². The molecular formula is C13H18F3N3O. The number of carbonyl (C=O) groups is 1. The van der Waals surface area contributed by atoms with E-state index in [1.165, 1.54) is 11.6 Å². The summed E-state index contributed by atoms with van der Waals surface area (Å²) >= 11 is 0. The van der Waals surface area contributed by atoms with E-state index in [0.717, 1.165) is 6.07 Å². The summed E-state index contributed by atoms with van der Waals surface area (Å²) in [4.78, 5) is 13.2. The quantitative estimate of drug-likeness (QED) is 0.797. The van der Waals surface area contributed by atoms with Crippen molar-refractivity contribution < 1.29 is 18.0 Å². The van der Waals surface area contributed by atoms with Crippen molar-refractivity contribution in [3.05, 3.63) is 17.5 Å². The fraction of sp³-hybridized carbons (Fsp3) is 0.692. The predicted molar refractivity (Wildman–Crippen MR) is 67.1 cm³/mol. The molecular weight excluding hydrogens is 271 g/mol. The Morgan fingerprint density at radius 3 is 2.55 bits per heavy atom. The van der Waals surface area contributed by atoms with Gasteiger partial charge in [-0.25, -0.2) is 0 Å². The highest BCUT2D eigenvalue weighted by molar-refractivity contribution is 5.73. The fourth-order valence-electron chi connectivity index (χ4n) is 2.83. The van der Waals surface area contributed by atoms with E-state index >= 15 is 0 Å². The van der Waals surface area contributed by atoms with Crippen molar-refractivity contribution in [1.29, 1.82) is 0 Å². The van der Waals surface area contributed by atoms with Crippen LogP contribution in [0.5, 0.6) is 0 Å². The summed E-state index contributed by atoms with van der Waals surface area (Å²) in [5, 5.41) is 3.70. The smallest absolute Gasteiger partial charge is 0.340 e. The van der Waals surface area contributed by atoms with Gasteiger partial charge in [-0.2, -0.15) is 18.3 Å². The van der Waals surface area contributed by atoms with Crippen LogP contribution in [0.15, 0.2) is 6.07 Å². The molecule has 1 fully saturated rings. The topological polar surface area (TPSA) is 38.1 Å². The maximum Gasteiger partial charge on any atom is 0.435 e. The van der Waals surface area contributed by atoms with Gasteiger partial charge in [-0.15, -0.1) is 0 Å². The average molecular weight is 289 g/mol. The van der Waals surface area contributed by atoms with Crippen LogP contribution in [0.3, 0.4) is 0 Å². The number of hydrogen-bond donors (Lipinski definition) is 0. The molecule has 2 atom stereocenters. The lowest BCUT2D eigenvalue weighted by atomic mass is 9.98. The van der Waals surface area contributed by atoms with Crippen molar-refractivity contribution in [3.8, 4) is 0 Å². The zero-order valence-corrected chi connectivity index (χ0v) is 11.7. The molecule has 0 saturated carbocycles. The van der Waals surface area contributed by atoms with Gasteiger partial charge in [0.2, 0.25) is 5.91 Å². The van der Waals surface area contributed by atoms with Crippen molar-refractivity contribution in [1.82, 2.24) is 14.7 Å². The molecule has 0 aliphatic carbocycles. The van der Waals surface area contributed by atoms with Crippen LogP contribution in [0.1, 0.15) is 44.1 Å².